The fourth-order valence-corrected chi connectivity index (χ4v) is 4.41. The number of hydrogen-bond donors (Lipinski definition) is 0. The predicted molar refractivity (Wildman–Crippen MR) is 124 cm³/mol. The molecule has 3 heterocycles. The van der Waals surface area contributed by atoms with Crippen molar-refractivity contribution in [1.29, 1.82) is 5.26 Å². The molecule has 0 unspecified atom stereocenters. The van der Waals surface area contributed by atoms with Crippen LogP contribution in [0.1, 0.15) is 16.8 Å². The number of imidazole rings is 1. The Morgan fingerprint density at radius 3 is 2.58 bits per heavy atom. The first kappa shape index (κ1) is 19.0. The summed E-state index contributed by atoms with van der Waals surface area (Å²) in [5.41, 5.74) is 5.11. The molecule has 0 N–H and O–H groups in total. The molecule has 5 nitrogen and oxygen atoms in total. The molecule has 150 valence electrons. The molecule has 5 aromatic rings. The number of nitriles is 1. The first-order chi connectivity index (χ1) is 15.3. The van der Waals surface area contributed by atoms with Crippen LogP contribution in [0.25, 0.3) is 10.1 Å². The van der Waals surface area contributed by atoms with Crippen molar-refractivity contribution in [2.75, 3.05) is 4.90 Å². The summed E-state index contributed by atoms with van der Waals surface area (Å²) < 4.78 is 3.43. The summed E-state index contributed by atoms with van der Waals surface area (Å²) in [4.78, 5) is 10.9. The zero-order valence-corrected chi connectivity index (χ0v) is 17.5. The van der Waals surface area contributed by atoms with Gasteiger partial charge in [-0.05, 0) is 64.9 Å². The molecule has 0 aliphatic heterocycles. The summed E-state index contributed by atoms with van der Waals surface area (Å²) in [6, 6.07) is 22.6. The minimum Gasteiger partial charge on any atom is -0.335 e. The molecule has 0 saturated carbocycles. The quantitative estimate of drug-likeness (QED) is 0.350. The van der Waals surface area contributed by atoms with Crippen LogP contribution in [-0.4, -0.2) is 14.5 Å². The maximum absolute atomic E-state index is 9.02. The van der Waals surface area contributed by atoms with E-state index in [9.17, 15) is 0 Å². The lowest BCUT2D eigenvalue weighted by Gasteiger charge is -2.25. The van der Waals surface area contributed by atoms with E-state index in [0.717, 1.165) is 22.6 Å². The largest absolute Gasteiger partial charge is 0.335 e. The lowest BCUT2D eigenvalue weighted by atomic mass is 10.1. The average Bonchev–Trinajstić information content (AvgIpc) is 3.47. The molecule has 0 atom stereocenters. The van der Waals surface area contributed by atoms with E-state index < -0.39 is 0 Å². The minimum absolute atomic E-state index is 0.669. The van der Waals surface area contributed by atoms with Crippen LogP contribution in [0, 0.1) is 11.3 Å². The molecule has 0 fully saturated rings. The van der Waals surface area contributed by atoms with Gasteiger partial charge in [-0.25, -0.2) is 4.98 Å². The second-order valence-corrected chi connectivity index (χ2v) is 8.20. The van der Waals surface area contributed by atoms with E-state index in [1.54, 1.807) is 11.3 Å². The Balaban J connectivity index is 1.47. The monoisotopic (exact) mass is 421 g/mol. The normalized spacial score (nSPS) is 10.8. The lowest BCUT2D eigenvalue weighted by molar-refractivity contribution is 0.733. The van der Waals surface area contributed by atoms with Crippen LogP contribution in [0.15, 0.2) is 91.0 Å². The Labute approximate surface area is 184 Å². The summed E-state index contributed by atoms with van der Waals surface area (Å²) in [5.74, 6) is 0. The van der Waals surface area contributed by atoms with Crippen LogP contribution in [0.2, 0.25) is 0 Å². The van der Waals surface area contributed by atoms with Gasteiger partial charge in [-0.15, -0.1) is 11.3 Å². The molecule has 31 heavy (non-hydrogen) atoms. The second-order valence-electron chi connectivity index (χ2n) is 7.26. The summed E-state index contributed by atoms with van der Waals surface area (Å²) in [6.45, 7) is 1.38. The van der Waals surface area contributed by atoms with Crippen molar-refractivity contribution in [2.24, 2.45) is 0 Å². The van der Waals surface area contributed by atoms with Gasteiger partial charge in [-0.1, -0.05) is 12.1 Å². The Hall–Kier alpha value is -3.95. The molecule has 0 saturated heterocycles. The Kier molecular flexibility index (Phi) is 5.17. The van der Waals surface area contributed by atoms with Crippen molar-refractivity contribution in [1.82, 2.24) is 14.5 Å². The van der Waals surface area contributed by atoms with E-state index in [-0.39, 0.29) is 0 Å². The minimum atomic E-state index is 0.669. The Bertz CT molecular complexity index is 1350. The van der Waals surface area contributed by atoms with Gasteiger partial charge in [0.1, 0.15) is 0 Å². The van der Waals surface area contributed by atoms with Crippen LogP contribution in [0.5, 0.6) is 0 Å². The van der Waals surface area contributed by atoms with Gasteiger partial charge in [-0.3, -0.25) is 4.98 Å². The molecule has 0 bridgehead atoms. The van der Waals surface area contributed by atoms with Crippen LogP contribution in [-0.2, 0) is 13.1 Å². The molecule has 2 aromatic carbocycles. The van der Waals surface area contributed by atoms with Gasteiger partial charge in [0.05, 0.1) is 30.2 Å². The highest BCUT2D eigenvalue weighted by atomic mass is 32.1. The fraction of sp³-hybridized carbons (Fsp3) is 0.0800. The number of benzene rings is 2. The van der Waals surface area contributed by atoms with Crippen molar-refractivity contribution < 1.29 is 0 Å². The molecular weight excluding hydrogens is 402 g/mol. The third-order valence-corrected chi connectivity index (χ3v) is 6.17. The van der Waals surface area contributed by atoms with Gasteiger partial charge in [0, 0.05) is 41.2 Å². The van der Waals surface area contributed by atoms with Crippen molar-refractivity contribution >= 4 is 32.8 Å². The number of fused-ring (bicyclic) bond motifs is 1. The number of anilines is 2. The van der Waals surface area contributed by atoms with E-state index >= 15 is 0 Å². The second kappa shape index (κ2) is 8.42. The SMILES string of the molecule is N#Cc1ccc(Cn2cncc2CN(c2ccncc2)c2ccc3sccc3c2)cc1. The van der Waals surface area contributed by atoms with E-state index in [2.05, 4.69) is 55.1 Å². The van der Waals surface area contributed by atoms with E-state index in [1.165, 1.54) is 10.1 Å². The highest BCUT2D eigenvalue weighted by Crippen LogP contribution is 2.31. The molecular formula is C25H19N5S. The topological polar surface area (TPSA) is 57.7 Å². The molecule has 3 aromatic heterocycles. The summed E-state index contributed by atoms with van der Waals surface area (Å²) >= 11 is 1.75. The van der Waals surface area contributed by atoms with Gasteiger partial charge in [-0.2, -0.15) is 5.26 Å². The molecule has 6 heteroatoms. The number of hydrogen-bond acceptors (Lipinski definition) is 5. The standard InChI is InChI=1S/C25H19N5S/c26-14-19-1-3-20(4-2-19)16-29-18-28-15-24(29)17-30(22-7-10-27-11-8-22)23-5-6-25-21(13-23)9-12-31-25/h1-13,15,18H,16-17H2. The van der Waals surface area contributed by atoms with Gasteiger partial charge >= 0.3 is 0 Å². The van der Waals surface area contributed by atoms with E-state index in [4.69, 9.17) is 5.26 Å². The summed E-state index contributed by atoms with van der Waals surface area (Å²) in [6.07, 6.45) is 7.42. The average molecular weight is 422 g/mol. The van der Waals surface area contributed by atoms with Gasteiger partial charge in [0.25, 0.3) is 0 Å². The highest BCUT2D eigenvalue weighted by Gasteiger charge is 2.14. The number of pyridine rings is 1. The zero-order valence-electron chi connectivity index (χ0n) is 16.7. The summed E-state index contributed by atoms with van der Waals surface area (Å²) in [5, 5.41) is 12.4. The van der Waals surface area contributed by atoms with Gasteiger partial charge in [0.2, 0.25) is 0 Å². The maximum Gasteiger partial charge on any atom is 0.0991 e. The Morgan fingerprint density at radius 1 is 0.935 bits per heavy atom. The van der Waals surface area contributed by atoms with Crippen molar-refractivity contribution in [2.45, 2.75) is 13.1 Å². The number of aromatic nitrogens is 3. The zero-order chi connectivity index (χ0) is 21.0. The molecule has 0 amide bonds. The van der Waals surface area contributed by atoms with Gasteiger partial charge < -0.3 is 9.47 Å². The predicted octanol–water partition coefficient (Wildman–Crippen LogP) is 5.75. The molecule has 0 aliphatic rings. The first-order valence-corrected chi connectivity index (χ1v) is 10.8. The van der Waals surface area contributed by atoms with Crippen molar-refractivity contribution in [3.8, 4) is 6.07 Å². The number of rotatable bonds is 6. The first-order valence-electron chi connectivity index (χ1n) is 9.93. The van der Waals surface area contributed by atoms with Crippen LogP contribution in [0.3, 0.4) is 0 Å². The summed E-state index contributed by atoms with van der Waals surface area (Å²) in [7, 11) is 0. The number of nitrogens with zero attached hydrogens (tertiary/aromatic N) is 5. The van der Waals surface area contributed by atoms with E-state index in [0.29, 0.717) is 18.7 Å². The van der Waals surface area contributed by atoms with Crippen LogP contribution >= 0.6 is 11.3 Å². The third kappa shape index (κ3) is 4.04. The maximum atomic E-state index is 9.02. The Morgan fingerprint density at radius 2 is 1.77 bits per heavy atom. The number of thiophene rings is 1. The van der Waals surface area contributed by atoms with Crippen LogP contribution in [0.4, 0.5) is 11.4 Å². The molecule has 0 spiro atoms. The molecule has 5 rings (SSSR count). The smallest absolute Gasteiger partial charge is 0.0991 e. The lowest BCUT2D eigenvalue weighted by Crippen LogP contribution is -2.19. The van der Waals surface area contributed by atoms with Crippen molar-refractivity contribution in [3.63, 3.8) is 0 Å². The highest BCUT2D eigenvalue weighted by molar-refractivity contribution is 7.17. The van der Waals surface area contributed by atoms with Crippen molar-refractivity contribution in [3.05, 3.63) is 108 Å². The van der Waals surface area contributed by atoms with E-state index in [1.807, 2.05) is 61.3 Å². The fourth-order valence-electron chi connectivity index (χ4n) is 3.64. The molecule has 0 radical (unpaired) electrons. The van der Waals surface area contributed by atoms with Crippen LogP contribution < -0.4 is 4.90 Å². The molecule has 0 aliphatic carbocycles. The third-order valence-electron chi connectivity index (χ3n) is 5.28. The van der Waals surface area contributed by atoms with Gasteiger partial charge in [0.15, 0.2) is 0 Å².